The maximum Gasteiger partial charge on any atom is 0.258 e. The van der Waals surface area contributed by atoms with Crippen LogP contribution in [-0.2, 0) is 4.79 Å². The van der Waals surface area contributed by atoms with Gasteiger partial charge in [0, 0.05) is 12.1 Å². The van der Waals surface area contributed by atoms with E-state index in [1.54, 1.807) is 67.3 Å². The summed E-state index contributed by atoms with van der Waals surface area (Å²) in [4.78, 5) is 12.0. The predicted molar refractivity (Wildman–Crippen MR) is 124 cm³/mol. The summed E-state index contributed by atoms with van der Waals surface area (Å²) >= 11 is 0. The van der Waals surface area contributed by atoms with Gasteiger partial charge in [-0.1, -0.05) is 12.1 Å². The highest BCUT2D eigenvalue weighted by Crippen LogP contribution is 2.32. The van der Waals surface area contributed by atoms with Crippen molar-refractivity contribution in [3.05, 3.63) is 60.2 Å². The number of ether oxygens (including phenoxy) is 4. The first kappa shape index (κ1) is 23.3. The standard InChI is InChI=1S/C24H22N6O5/c1-32-17-7-8-18(20(13-17)33-2)24-28-27-21-9-10-23(29-30(21)24)34-12-11-26-22(31)15-35-19-6-4-3-5-16(19)14-25/h3-10,13H,11-12,15H2,1-2H3,(H,26,31). The number of hydrogen-bond donors (Lipinski definition) is 1. The van der Waals surface area contributed by atoms with Crippen LogP contribution in [0.15, 0.2) is 54.6 Å². The number of benzene rings is 2. The molecule has 11 heteroatoms. The Hall–Kier alpha value is -4.85. The summed E-state index contributed by atoms with van der Waals surface area (Å²) in [6.07, 6.45) is 0. The van der Waals surface area contributed by atoms with E-state index in [9.17, 15) is 4.79 Å². The summed E-state index contributed by atoms with van der Waals surface area (Å²) in [7, 11) is 3.14. The molecule has 1 amide bonds. The highest BCUT2D eigenvalue weighted by atomic mass is 16.5. The number of nitrogens with one attached hydrogen (secondary N) is 1. The molecule has 0 spiro atoms. The highest BCUT2D eigenvalue weighted by molar-refractivity contribution is 5.77. The third kappa shape index (κ3) is 5.39. The third-order valence-electron chi connectivity index (χ3n) is 4.93. The molecule has 35 heavy (non-hydrogen) atoms. The Kier molecular flexibility index (Phi) is 7.22. The number of methoxy groups -OCH3 is 2. The van der Waals surface area contributed by atoms with E-state index in [0.29, 0.717) is 45.7 Å². The maximum atomic E-state index is 12.0. The molecule has 0 unspecified atom stereocenters. The van der Waals surface area contributed by atoms with Crippen LogP contribution >= 0.6 is 0 Å². The van der Waals surface area contributed by atoms with E-state index in [1.807, 2.05) is 12.1 Å². The lowest BCUT2D eigenvalue weighted by Gasteiger charge is -2.10. The molecule has 4 rings (SSSR count). The van der Waals surface area contributed by atoms with E-state index >= 15 is 0 Å². The molecule has 0 aliphatic rings. The van der Waals surface area contributed by atoms with Crippen molar-refractivity contribution in [2.45, 2.75) is 0 Å². The number of nitrogens with zero attached hydrogens (tertiary/aromatic N) is 5. The molecule has 1 N–H and O–H groups in total. The summed E-state index contributed by atoms with van der Waals surface area (Å²) in [5.74, 6) is 2.05. The largest absolute Gasteiger partial charge is 0.497 e. The van der Waals surface area contributed by atoms with E-state index in [2.05, 4.69) is 20.6 Å². The van der Waals surface area contributed by atoms with Gasteiger partial charge in [-0.15, -0.1) is 15.3 Å². The number of para-hydroxylation sites is 1. The lowest BCUT2D eigenvalue weighted by Crippen LogP contribution is -2.32. The predicted octanol–water partition coefficient (Wildman–Crippen LogP) is 2.25. The SMILES string of the molecule is COc1ccc(-c2nnc3ccc(OCCNC(=O)COc4ccccc4C#N)nn23)c(OC)c1. The second kappa shape index (κ2) is 10.8. The average molecular weight is 474 g/mol. The molecule has 0 atom stereocenters. The molecule has 2 heterocycles. The van der Waals surface area contributed by atoms with Crippen molar-refractivity contribution in [2.24, 2.45) is 0 Å². The third-order valence-corrected chi connectivity index (χ3v) is 4.93. The number of hydrogen-bond acceptors (Lipinski definition) is 9. The van der Waals surface area contributed by atoms with Gasteiger partial charge in [0.25, 0.3) is 5.91 Å². The zero-order valence-corrected chi connectivity index (χ0v) is 19.1. The van der Waals surface area contributed by atoms with Crippen LogP contribution in [0.25, 0.3) is 17.0 Å². The van der Waals surface area contributed by atoms with Crippen LogP contribution < -0.4 is 24.3 Å². The number of carbonyl (C=O) groups excluding carboxylic acids is 1. The first-order valence-corrected chi connectivity index (χ1v) is 10.6. The summed E-state index contributed by atoms with van der Waals surface area (Å²) in [5, 5.41) is 24.6. The van der Waals surface area contributed by atoms with Crippen molar-refractivity contribution in [1.82, 2.24) is 25.1 Å². The van der Waals surface area contributed by atoms with Crippen molar-refractivity contribution in [3.8, 4) is 40.6 Å². The van der Waals surface area contributed by atoms with Crippen molar-refractivity contribution < 1.29 is 23.7 Å². The Labute approximate surface area is 200 Å². The van der Waals surface area contributed by atoms with Crippen LogP contribution in [0.3, 0.4) is 0 Å². The lowest BCUT2D eigenvalue weighted by molar-refractivity contribution is -0.123. The van der Waals surface area contributed by atoms with Crippen molar-refractivity contribution in [2.75, 3.05) is 34.0 Å². The second-order valence-electron chi connectivity index (χ2n) is 7.13. The molecule has 2 aromatic carbocycles. The molecule has 0 radical (unpaired) electrons. The Morgan fingerprint density at radius 2 is 1.89 bits per heavy atom. The molecule has 4 aromatic rings. The molecule has 0 saturated carbocycles. The molecular weight excluding hydrogens is 452 g/mol. The number of nitriles is 1. The summed E-state index contributed by atoms with van der Waals surface area (Å²) < 4.78 is 23.4. The van der Waals surface area contributed by atoms with Gasteiger partial charge in [0.1, 0.15) is 29.9 Å². The highest BCUT2D eigenvalue weighted by Gasteiger charge is 2.16. The number of fused-ring (bicyclic) bond motifs is 1. The van der Waals surface area contributed by atoms with Gasteiger partial charge in [-0.2, -0.15) is 9.78 Å². The van der Waals surface area contributed by atoms with E-state index in [4.69, 9.17) is 24.2 Å². The Bertz CT molecular complexity index is 1380. The normalized spacial score (nSPS) is 10.4. The number of carbonyl (C=O) groups is 1. The minimum absolute atomic E-state index is 0.183. The quantitative estimate of drug-likeness (QED) is 0.344. The minimum Gasteiger partial charge on any atom is -0.497 e. The van der Waals surface area contributed by atoms with Crippen LogP contribution in [-0.4, -0.2) is 59.7 Å². The van der Waals surface area contributed by atoms with Crippen LogP contribution in [0.5, 0.6) is 23.1 Å². The second-order valence-corrected chi connectivity index (χ2v) is 7.13. The molecule has 0 aliphatic heterocycles. The van der Waals surface area contributed by atoms with E-state index in [0.717, 1.165) is 0 Å². The fraction of sp³-hybridized carbons (Fsp3) is 0.208. The Morgan fingerprint density at radius 1 is 1.03 bits per heavy atom. The van der Waals surface area contributed by atoms with E-state index in [1.165, 1.54) is 0 Å². The first-order chi connectivity index (χ1) is 17.1. The van der Waals surface area contributed by atoms with Gasteiger partial charge in [0.2, 0.25) is 5.88 Å². The zero-order chi connectivity index (χ0) is 24.6. The lowest BCUT2D eigenvalue weighted by atomic mass is 10.2. The van der Waals surface area contributed by atoms with E-state index < -0.39 is 0 Å². The van der Waals surface area contributed by atoms with Crippen molar-refractivity contribution in [3.63, 3.8) is 0 Å². The van der Waals surface area contributed by atoms with Gasteiger partial charge in [-0.25, -0.2) is 0 Å². The molecule has 178 valence electrons. The molecule has 2 aromatic heterocycles. The van der Waals surface area contributed by atoms with Gasteiger partial charge in [-0.05, 0) is 30.3 Å². The molecule has 0 aliphatic carbocycles. The zero-order valence-electron chi connectivity index (χ0n) is 19.1. The Morgan fingerprint density at radius 3 is 2.69 bits per heavy atom. The van der Waals surface area contributed by atoms with Crippen LogP contribution in [0.4, 0.5) is 0 Å². The number of rotatable bonds is 10. The molecule has 11 nitrogen and oxygen atoms in total. The number of aromatic nitrogens is 4. The smallest absolute Gasteiger partial charge is 0.258 e. The van der Waals surface area contributed by atoms with Crippen LogP contribution in [0.2, 0.25) is 0 Å². The molecular formula is C24H22N6O5. The summed E-state index contributed by atoms with van der Waals surface area (Å²) in [6.45, 7) is 0.210. The van der Waals surface area contributed by atoms with Crippen molar-refractivity contribution >= 4 is 11.6 Å². The summed E-state index contributed by atoms with van der Waals surface area (Å²) in [5.41, 5.74) is 1.59. The first-order valence-electron chi connectivity index (χ1n) is 10.6. The topological polar surface area (TPSA) is 133 Å². The monoisotopic (exact) mass is 474 g/mol. The molecule has 0 saturated heterocycles. The van der Waals surface area contributed by atoms with Gasteiger partial charge >= 0.3 is 0 Å². The fourth-order valence-corrected chi connectivity index (χ4v) is 3.23. The van der Waals surface area contributed by atoms with Gasteiger partial charge < -0.3 is 24.3 Å². The minimum atomic E-state index is -0.336. The fourth-order valence-electron chi connectivity index (χ4n) is 3.23. The van der Waals surface area contributed by atoms with Crippen LogP contribution in [0.1, 0.15) is 5.56 Å². The van der Waals surface area contributed by atoms with E-state index in [-0.39, 0.29) is 25.7 Å². The molecule has 0 bridgehead atoms. The summed E-state index contributed by atoms with van der Waals surface area (Å²) in [6, 6.07) is 17.5. The number of amides is 1. The average Bonchev–Trinajstić information content (AvgIpc) is 3.32. The van der Waals surface area contributed by atoms with Crippen molar-refractivity contribution in [1.29, 1.82) is 5.26 Å². The maximum absolute atomic E-state index is 12.0. The van der Waals surface area contributed by atoms with Gasteiger partial charge in [-0.3, -0.25) is 4.79 Å². The van der Waals surface area contributed by atoms with Gasteiger partial charge in [0.05, 0.1) is 31.9 Å². The molecule has 0 fully saturated rings. The van der Waals surface area contributed by atoms with Crippen LogP contribution in [0, 0.1) is 11.3 Å². The Balaban J connectivity index is 1.35. The van der Waals surface area contributed by atoms with Gasteiger partial charge in [0.15, 0.2) is 18.1 Å².